The van der Waals surface area contributed by atoms with E-state index in [-0.39, 0.29) is 0 Å². The topological polar surface area (TPSA) is 35.8 Å². The Labute approximate surface area is 75.0 Å². The molecule has 0 amide bonds. The molecule has 68 valence electrons. The maximum absolute atomic E-state index is 8.30. The van der Waals surface area contributed by atoms with E-state index in [1.54, 1.807) is 0 Å². The largest absolute Gasteiger partial charge is 0.313 e. The van der Waals surface area contributed by atoms with Crippen LogP contribution in [0.4, 0.5) is 0 Å². The van der Waals surface area contributed by atoms with Crippen molar-refractivity contribution in [1.29, 1.82) is 5.26 Å². The first kappa shape index (κ1) is 9.54. The lowest BCUT2D eigenvalue weighted by Gasteiger charge is -2.04. The Kier molecular flexibility index (Phi) is 3.11. The number of unbranched alkanes of at least 4 members (excludes halogenated alkanes) is 2. The third-order valence-corrected chi connectivity index (χ3v) is 2.62. The van der Waals surface area contributed by atoms with Gasteiger partial charge in [0.1, 0.15) is 0 Å². The van der Waals surface area contributed by atoms with E-state index in [2.05, 4.69) is 25.2 Å². The van der Waals surface area contributed by atoms with Gasteiger partial charge in [0.05, 0.1) is 6.07 Å². The van der Waals surface area contributed by atoms with Crippen molar-refractivity contribution in [2.75, 3.05) is 6.54 Å². The molecule has 1 atom stereocenters. The predicted molar refractivity (Wildman–Crippen MR) is 49.7 cm³/mol. The van der Waals surface area contributed by atoms with Gasteiger partial charge in [-0.3, -0.25) is 0 Å². The summed E-state index contributed by atoms with van der Waals surface area (Å²) in [6, 6.07) is 2.90. The lowest BCUT2D eigenvalue weighted by Crippen LogP contribution is -2.21. The Morgan fingerprint density at radius 2 is 2.17 bits per heavy atom. The summed E-state index contributed by atoms with van der Waals surface area (Å²) in [6.07, 6.45) is 4.19. The van der Waals surface area contributed by atoms with Gasteiger partial charge >= 0.3 is 0 Å². The van der Waals surface area contributed by atoms with Crippen LogP contribution in [-0.4, -0.2) is 12.6 Å². The van der Waals surface area contributed by atoms with Gasteiger partial charge in [0.25, 0.3) is 0 Å². The van der Waals surface area contributed by atoms with E-state index in [4.69, 9.17) is 5.26 Å². The van der Waals surface area contributed by atoms with E-state index in [0.717, 1.165) is 25.4 Å². The fourth-order valence-corrected chi connectivity index (χ4v) is 1.42. The summed E-state index contributed by atoms with van der Waals surface area (Å²) >= 11 is 0. The van der Waals surface area contributed by atoms with Crippen molar-refractivity contribution in [2.45, 2.75) is 45.6 Å². The quantitative estimate of drug-likeness (QED) is 0.635. The second-order valence-electron chi connectivity index (χ2n) is 4.31. The third-order valence-electron chi connectivity index (χ3n) is 2.62. The highest BCUT2D eigenvalue weighted by atomic mass is 15.0. The first-order valence-electron chi connectivity index (χ1n) is 4.77. The van der Waals surface area contributed by atoms with E-state index in [9.17, 15) is 0 Å². The first-order valence-corrected chi connectivity index (χ1v) is 4.77. The molecule has 0 aromatic rings. The molecule has 1 fully saturated rings. The second-order valence-corrected chi connectivity index (χ2v) is 4.31. The van der Waals surface area contributed by atoms with Crippen molar-refractivity contribution in [2.24, 2.45) is 5.41 Å². The molecule has 12 heavy (non-hydrogen) atoms. The number of nitriles is 1. The van der Waals surface area contributed by atoms with Crippen LogP contribution in [0.25, 0.3) is 0 Å². The maximum Gasteiger partial charge on any atom is 0.0621 e. The fourth-order valence-electron chi connectivity index (χ4n) is 1.42. The summed E-state index contributed by atoms with van der Waals surface area (Å²) < 4.78 is 0. The highest BCUT2D eigenvalue weighted by Gasteiger charge is 2.44. The van der Waals surface area contributed by atoms with E-state index in [1.165, 1.54) is 6.42 Å². The number of hydrogen-bond donors (Lipinski definition) is 1. The maximum atomic E-state index is 8.30. The molecule has 1 unspecified atom stereocenters. The van der Waals surface area contributed by atoms with Gasteiger partial charge in [-0.25, -0.2) is 0 Å². The standard InChI is InChI=1S/C10H18N2/c1-10(2)8-9(10)12-7-5-3-4-6-11/h9,12H,3-5,7-8H2,1-2H3. The summed E-state index contributed by atoms with van der Waals surface area (Å²) in [6.45, 7) is 5.66. The van der Waals surface area contributed by atoms with Gasteiger partial charge in [-0.15, -0.1) is 0 Å². The molecule has 0 radical (unpaired) electrons. The first-order chi connectivity index (χ1) is 5.67. The molecule has 0 aliphatic heterocycles. The zero-order chi connectivity index (χ0) is 9.03. The second kappa shape index (κ2) is 3.91. The lowest BCUT2D eigenvalue weighted by molar-refractivity contribution is 0.530. The van der Waals surface area contributed by atoms with Crippen molar-refractivity contribution in [3.8, 4) is 6.07 Å². The summed E-state index contributed by atoms with van der Waals surface area (Å²) in [4.78, 5) is 0. The Hall–Kier alpha value is -0.550. The average Bonchev–Trinajstić information content (AvgIpc) is 2.59. The van der Waals surface area contributed by atoms with E-state index in [1.807, 2.05) is 0 Å². The monoisotopic (exact) mass is 166 g/mol. The Balaban J connectivity index is 1.89. The highest BCUT2D eigenvalue weighted by Crippen LogP contribution is 2.44. The molecule has 0 saturated heterocycles. The Bertz CT molecular complexity index is 179. The number of rotatable bonds is 5. The molecule has 1 N–H and O–H groups in total. The predicted octanol–water partition coefficient (Wildman–Crippen LogP) is 2.07. The van der Waals surface area contributed by atoms with Crippen LogP contribution in [0.3, 0.4) is 0 Å². The van der Waals surface area contributed by atoms with Crippen molar-refractivity contribution >= 4 is 0 Å². The SMILES string of the molecule is CC1(C)CC1NCCCCC#N. The molecule has 1 aliphatic rings. The van der Waals surface area contributed by atoms with Gasteiger partial charge in [-0.1, -0.05) is 13.8 Å². The van der Waals surface area contributed by atoms with E-state index in [0.29, 0.717) is 11.8 Å². The molecule has 2 nitrogen and oxygen atoms in total. The minimum absolute atomic E-state index is 0.537. The number of nitrogens with one attached hydrogen (secondary N) is 1. The molecule has 0 heterocycles. The van der Waals surface area contributed by atoms with Crippen molar-refractivity contribution in [1.82, 2.24) is 5.32 Å². The van der Waals surface area contributed by atoms with Crippen LogP contribution in [0.5, 0.6) is 0 Å². The van der Waals surface area contributed by atoms with Crippen molar-refractivity contribution < 1.29 is 0 Å². The number of hydrogen-bond acceptors (Lipinski definition) is 2. The molecular formula is C10H18N2. The van der Waals surface area contributed by atoms with Crippen LogP contribution in [0.15, 0.2) is 0 Å². The average molecular weight is 166 g/mol. The van der Waals surface area contributed by atoms with Gasteiger partial charge in [0.2, 0.25) is 0 Å². The fraction of sp³-hybridized carbons (Fsp3) is 0.900. The molecule has 0 aromatic carbocycles. The third kappa shape index (κ3) is 2.83. The molecule has 1 rings (SSSR count). The van der Waals surface area contributed by atoms with Gasteiger partial charge < -0.3 is 5.32 Å². The molecular weight excluding hydrogens is 148 g/mol. The molecule has 0 aromatic heterocycles. The van der Waals surface area contributed by atoms with Crippen LogP contribution in [-0.2, 0) is 0 Å². The molecule has 1 saturated carbocycles. The molecule has 2 heteroatoms. The minimum atomic E-state index is 0.537. The van der Waals surface area contributed by atoms with Crippen molar-refractivity contribution in [3.05, 3.63) is 0 Å². The van der Waals surface area contributed by atoms with Crippen LogP contribution in [0.1, 0.15) is 39.5 Å². The zero-order valence-corrected chi connectivity index (χ0v) is 8.06. The Morgan fingerprint density at radius 1 is 1.50 bits per heavy atom. The lowest BCUT2D eigenvalue weighted by atomic mass is 10.2. The summed E-state index contributed by atoms with van der Waals surface area (Å²) in [5.41, 5.74) is 0.537. The number of nitrogens with zero attached hydrogens (tertiary/aromatic N) is 1. The summed E-state index contributed by atoms with van der Waals surface area (Å²) in [7, 11) is 0. The molecule has 0 spiro atoms. The highest BCUT2D eigenvalue weighted by molar-refractivity contribution is 5.01. The summed E-state index contributed by atoms with van der Waals surface area (Å²) in [5.74, 6) is 0. The molecule has 1 aliphatic carbocycles. The molecule has 0 bridgehead atoms. The van der Waals surface area contributed by atoms with Gasteiger partial charge in [-0.05, 0) is 31.2 Å². The zero-order valence-electron chi connectivity index (χ0n) is 8.06. The Morgan fingerprint density at radius 3 is 2.67 bits per heavy atom. The van der Waals surface area contributed by atoms with E-state index < -0.39 is 0 Å². The van der Waals surface area contributed by atoms with Crippen LogP contribution in [0, 0.1) is 16.7 Å². The minimum Gasteiger partial charge on any atom is -0.313 e. The van der Waals surface area contributed by atoms with E-state index >= 15 is 0 Å². The van der Waals surface area contributed by atoms with Crippen LogP contribution >= 0.6 is 0 Å². The summed E-state index contributed by atoms with van der Waals surface area (Å²) in [5, 5.41) is 11.8. The smallest absolute Gasteiger partial charge is 0.0621 e. The van der Waals surface area contributed by atoms with Gasteiger partial charge in [0, 0.05) is 12.5 Å². The van der Waals surface area contributed by atoms with Crippen LogP contribution in [0.2, 0.25) is 0 Å². The van der Waals surface area contributed by atoms with Crippen molar-refractivity contribution in [3.63, 3.8) is 0 Å². The van der Waals surface area contributed by atoms with Crippen LogP contribution < -0.4 is 5.32 Å². The van der Waals surface area contributed by atoms with Gasteiger partial charge in [-0.2, -0.15) is 5.26 Å². The normalized spacial score (nSPS) is 24.9. The van der Waals surface area contributed by atoms with Gasteiger partial charge in [0.15, 0.2) is 0 Å².